The molecular weight excluding hydrogens is 468 g/mol. The third-order valence-corrected chi connectivity index (χ3v) is 7.41. The number of halogens is 1. The molecule has 0 bridgehead atoms. The van der Waals surface area contributed by atoms with E-state index < -0.39 is 38.0 Å². The van der Waals surface area contributed by atoms with Crippen molar-refractivity contribution in [2.75, 3.05) is 0 Å². The van der Waals surface area contributed by atoms with Crippen LogP contribution in [0.5, 0.6) is 0 Å². The van der Waals surface area contributed by atoms with Crippen LogP contribution in [-0.4, -0.2) is 27.1 Å². The summed E-state index contributed by atoms with van der Waals surface area (Å²) in [6, 6.07) is 15.5. The summed E-state index contributed by atoms with van der Waals surface area (Å²) in [5, 5.41) is 11.0. The fraction of sp³-hybridized carbons (Fsp3) is 0.259. The number of carbonyl (C=O) groups is 1. The Morgan fingerprint density at radius 3 is 2.43 bits per heavy atom. The summed E-state index contributed by atoms with van der Waals surface area (Å²) in [5.41, 5.74) is 3.38. The number of carbonyl (C=O) groups excluding carboxylic acids is 1. The molecule has 3 aromatic rings. The van der Waals surface area contributed by atoms with E-state index in [4.69, 9.17) is 9.72 Å². The van der Waals surface area contributed by atoms with Crippen LogP contribution in [0.25, 0.3) is 22.4 Å². The number of esters is 1. The Morgan fingerprint density at radius 1 is 1.20 bits per heavy atom. The maximum Gasteiger partial charge on any atom is 0.313 e. The highest BCUT2D eigenvalue weighted by atomic mass is 31.1. The number of hydrogen-bond acceptors (Lipinski definition) is 5. The van der Waals surface area contributed by atoms with E-state index in [9.17, 15) is 23.7 Å². The molecule has 0 radical (unpaired) electrons. The highest BCUT2D eigenvalue weighted by Crippen LogP contribution is 2.53. The van der Waals surface area contributed by atoms with Crippen molar-refractivity contribution >= 4 is 14.0 Å². The van der Waals surface area contributed by atoms with Crippen molar-refractivity contribution in [3.8, 4) is 22.4 Å². The molecule has 0 aliphatic heterocycles. The van der Waals surface area contributed by atoms with Gasteiger partial charge in [-0.25, -0.2) is 4.39 Å². The van der Waals surface area contributed by atoms with Crippen LogP contribution in [-0.2, 0) is 14.1 Å². The number of aliphatic hydroxyl groups excluding tert-OH is 1. The Morgan fingerprint density at radius 2 is 1.86 bits per heavy atom. The van der Waals surface area contributed by atoms with E-state index in [1.807, 2.05) is 37.3 Å². The second kappa shape index (κ2) is 10.6. The number of aromatic nitrogens is 1. The normalized spacial score (nSPS) is 15.8. The fourth-order valence-corrected chi connectivity index (χ4v) is 5.46. The summed E-state index contributed by atoms with van der Waals surface area (Å²) >= 11 is 0. The van der Waals surface area contributed by atoms with Crippen LogP contribution in [0.2, 0.25) is 0 Å². The first-order chi connectivity index (χ1) is 16.8. The number of hydrogen-bond donors (Lipinski definition) is 2. The Labute approximate surface area is 204 Å². The van der Waals surface area contributed by atoms with Gasteiger partial charge in [0.2, 0.25) is 0 Å². The minimum Gasteiger partial charge on any atom is -0.435 e. The molecule has 182 valence electrons. The zero-order valence-corrected chi connectivity index (χ0v) is 20.3. The van der Waals surface area contributed by atoms with Crippen LogP contribution in [0, 0.1) is 12.7 Å². The lowest BCUT2D eigenvalue weighted by Crippen LogP contribution is -2.23. The van der Waals surface area contributed by atoms with Crippen molar-refractivity contribution in [1.82, 2.24) is 4.98 Å². The van der Waals surface area contributed by atoms with Gasteiger partial charge in [0.15, 0.2) is 8.03 Å². The van der Waals surface area contributed by atoms with Crippen molar-refractivity contribution in [3.63, 3.8) is 0 Å². The number of pyridine rings is 1. The van der Waals surface area contributed by atoms with E-state index in [2.05, 4.69) is 6.58 Å². The number of aliphatic hydroxyl groups is 1. The van der Waals surface area contributed by atoms with Crippen LogP contribution in [0.1, 0.15) is 47.7 Å². The van der Waals surface area contributed by atoms with Gasteiger partial charge in [-0.3, -0.25) is 14.3 Å². The highest BCUT2D eigenvalue weighted by Gasteiger charge is 2.39. The van der Waals surface area contributed by atoms with E-state index in [0.29, 0.717) is 28.1 Å². The van der Waals surface area contributed by atoms with Gasteiger partial charge in [0.05, 0.1) is 30.1 Å². The van der Waals surface area contributed by atoms with Crippen LogP contribution in [0.15, 0.2) is 67.4 Å². The average Bonchev–Trinajstić information content (AvgIpc) is 3.66. The first-order valence-corrected chi connectivity index (χ1v) is 12.8. The lowest BCUT2D eigenvalue weighted by molar-refractivity contribution is -0.140. The maximum atomic E-state index is 13.8. The summed E-state index contributed by atoms with van der Waals surface area (Å²) in [6.07, 6.45) is 0.688. The van der Waals surface area contributed by atoms with E-state index in [1.165, 1.54) is 12.1 Å². The SMILES string of the molecule is C=COC(=O)CC(O)C(c1c(C2CC2)nc(-c2ccccc2)c(C)c1-c1ccc(F)cc1)[PH](=O)O. The Bertz CT molecular complexity index is 1260. The highest BCUT2D eigenvalue weighted by molar-refractivity contribution is 7.38. The second-order valence-corrected chi connectivity index (χ2v) is 9.95. The van der Waals surface area contributed by atoms with Crippen molar-refractivity contribution in [3.05, 3.63) is 90.1 Å². The minimum atomic E-state index is -3.39. The van der Waals surface area contributed by atoms with E-state index in [0.717, 1.165) is 30.2 Å². The standard InChI is InChI=1S/C27H27FNO5P/c1-3-34-22(31)15-21(30)27(35(32)33)24-23(17-11-13-20(28)14-12-17)16(2)25(18-7-5-4-6-8-18)29-26(24)19-9-10-19/h3-8,11-14,19,21,27,30,35H,1,9-10,15H2,2H3,(H,32,33). The van der Waals surface area contributed by atoms with Crippen LogP contribution in [0.4, 0.5) is 4.39 Å². The first-order valence-electron chi connectivity index (χ1n) is 11.4. The van der Waals surface area contributed by atoms with Gasteiger partial charge in [0.25, 0.3) is 0 Å². The molecule has 2 N–H and O–H groups in total. The van der Waals surface area contributed by atoms with Crippen LogP contribution < -0.4 is 0 Å². The molecule has 0 saturated heterocycles. The number of benzene rings is 2. The Balaban J connectivity index is 1.99. The van der Waals surface area contributed by atoms with Gasteiger partial charge in [-0.15, -0.1) is 0 Å². The van der Waals surface area contributed by atoms with Crippen molar-refractivity contribution in [2.24, 2.45) is 0 Å². The smallest absolute Gasteiger partial charge is 0.313 e. The fourth-order valence-electron chi connectivity index (χ4n) is 4.47. The molecule has 35 heavy (non-hydrogen) atoms. The second-order valence-electron chi connectivity index (χ2n) is 8.65. The third-order valence-electron chi connectivity index (χ3n) is 6.20. The number of rotatable bonds is 9. The zero-order valence-electron chi connectivity index (χ0n) is 19.3. The Hall–Kier alpha value is -3.12. The first kappa shape index (κ1) is 25.0. The maximum absolute atomic E-state index is 13.8. The van der Waals surface area contributed by atoms with Crippen molar-refractivity contribution < 1.29 is 28.5 Å². The summed E-state index contributed by atoms with van der Waals surface area (Å²) in [4.78, 5) is 27.4. The molecule has 1 heterocycles. The summed E-state index contributed by atoms with van der Waals surface area (Å²) in [5.74, 6) is -1.11. The molecule has 2 aromatic carbocycles. The van der Waals surface area contributed by atoms with Gasteiger partial charge in [0.1, 0.15) is 5.82 Å². The third kappa shape index (κ3) is 5.43. The number of nitrogens with zero attached hydrogens (tertiary/aromatic N) is 1. The van der Waals surface area contributed by atoms with Crippen LogP contribution >= 0.6 is 8.03 Å². The quantitative estimate of drug-likeness (QED) is 0.225. The molecule has 4 rings (SSSR count). The van der Waals surface area contributed by atoms with Gasteiger partial charge in [-0.05, 0) is 54.2 Å². The minimum absolute atomic E-state index is 0.0587. The van der Waals surface area contributed by atoms with Gasteiger partial charge in [0, 0.05) is 17.2 Å². The molecule has 0 amide bonds. The lowest BCUT2D eigenvalue weighted by Gasteiger charge is -2.27. The monoisotopic (exact) mass is 495 g/mol. The summed E-state index contributed by atoms with van der Waals surface area (Å²) < 4.78 is 31.3. The number of ether oxygens (including phenoxy) is 1. The predicted molar refractivity (Wildman–Crippen MR) is 133 cm³/mol. The molecule has 1 aliphatic rings. The van der Waals surface area contributed by atoms with Gasteiger partial charge < -0.3 is 14.7 Å². The molecule has 1 aliphatic carbocycles. The molecule has 8 heteroatoms. The van der Waals surface area contributed by atoms with Crippen LogP contribution in [0.3, 0.4) is 0 Å². The topological polar surface area (TPSA) is 96.7 Å². The zero-order chi connectivity index (χ0) is 25.1. The van der Waals surface area contributed by atoms with Crippen molar-refractivity contribution in [1.29, 1.82) is 0 Å². The van der Waals surface area contributed by atoms with E-state index in [-0.39, 0.29) is 5.92 Å². The molecule has 6 nitrogen and oxygen atoms in total. The Kier molecular flexibility index (Phi) is 7.60. The summed E-state index contributed by atoms with van der Waals surface area (Å²) in [6.45, 7) is 5.19. The molecule has 1 aromatic heterocycles. The molecule has 1 fully saturated rings. The summed E-state index contributed by atoms with van der Waals surface area (Å²) in [7, 11) is -3.39. The van der Waals surface area contributed by atoms with Gasteiger partial charge in [-0.2, -0.15) is 0 Å². The lowest BCUT2D eigenvalue weighted by atomic mass is 9.87. The average molecular weight is 495 g/mol. The van der Waals surface area contributed by atoms with Crippen molar-refractivity contribution in [2.45, 2.75) is 43.9 Å². The molecule has 3 atom stereocenters. The van der Waals surface area contributed by atoms with Gasteiger partial charge >= 0.3 is 5.97 Å². The van der Waals surface area contributed by atoms with E-state index >= 15 is 0 Å². The molecule has 1 saturated carbocycles. The molecule has 3 unspecified atom stereocenters. The molecular formula is C27H27FNO5P. The molecule has 0 spiro atoms. The predicted octanol–water partition coefficient (Wildman–Crippen LogP) is 5.69. The van der Waals surface area contributed by atoms with Gasteiger partial charge in [-0.1, -0.05) is 49.0 Å². The largest absolute Gasteiger partial charge is 0.435 e. The van der Waals surface area contributed by atoms with E-state index in [1.54, 1.807) is 12.1 Å².